The Bertz CT molecular complexity index is 3.90. The quantitative estimate of drug-likeness (QED) is 0.485. The summed E-state index contributed by atoms with van der Waals surface area (Å²) in [5.41, 5.74) is 0. The molecule has 0 aromatic heterocycles. The van der Waals surface area contributed by atoms with Gasteiger partial charge in [-0.05, 0) is 0 Å². The van der Waals surface area contributed by atoms with Gasteiger partial charge in [-0.25, -0.2) is 0 Å². The average Bonchev–Trinajstić information content (AvgIpc) is 1.00. The van der Waals surface area contributed by atoms with Crippen molar-refractivity contribution in [3.8, 4) is 0 Å². The van der Waals surface area contributed by atoms with Crippen LogP contribution in [0.15, 0.2) is 0 Å². The van der Waals surface area contributed by atoms with Gasteiger partial charge in [-0.15, -0.1) is 0 Å². The molecule has 1 heteroatoms. The van der Waals surface area contributed by atoms with Crippen LogP contribution in [0.25, 0.3) is 0 Å². The molecule has 41 valence electrons. The summed E-state index contributed by atoms with van der Waals surface area (Å²) in [4.78, 5) is 0. The van der Waals surface area contributed by atoms with Crippen molar-refractivity contribution in [2.75, 3.05) is 0 Å². The molecule has 0 bridgehead atoms. The molecule has 0 heterocycles. The average molecular weight is 166 g/mol. The second kappa shape index (κ2) is 130. The monoisotopic (exact) mass is 166 g/mol. The van der Waals surface area contributed by atoms with Crippen molar-refractivity contribution in [2.45, 2.75) is 28.7 Å². The van der Waals surface area contributed by atoms with Gasteiger partial charge in [0, 0.05) is 32.7 Å². The van der Waals surface area contributed by atoms with E-state index in [1.807, 2.05) is 13.8 Å². The SMILES string of the molecule is C.C.CC.[CH3-].[Y]. The predicted octanol–water partition coefficient (Wildman–Crippen LogP) is 2.75. The third kappa shape index (κ3) is 70.5. The van der Waals surface area contributed by atoms with E-state index in [0.29, 0.717) is 0 Å². The zero-order chi connectivity index (χ0) is 2.00. The molecule has 0 spiro atoms. The Hall–Kier alpha value is 1.10. The molecule has 0 aliphatic carbocycles. The summed E-state index contributed by atoms with van der Waals surface area (Å²) in [6, 6.07) is 0. The molecular weight excluding hydrogens is 149 g/mol. The Labute approximate surface area is 68.6 Å². The minimum atomic E-state index is 0. The van der Waals surface area contributed by atoms with E-state index in [0.717, 1.165) is 0 Å². The molecule has 0 saturated carbocycles. The minimum Gasteiger partial charge on any atom is -0.358 e. The van der Waals surface area contributed by atoms with E-state index < -0.39 is 0 Å². The third-order valence-corrected chi connectivity index (χ3v) is 0. The van der Waals surface area contributed by atoms with Gasteiger partial charge in [-0.2, -0.15) is 0 Å². The summed E-state index contributed by atoms with van der Waals surface area (Å²) in [6.07, 6.45) is 0. The van der Waals surface area contributed by atoms with Crippen LogP contribution < -0.4 is 0 Å². The van der Waals surface area contributed by atoms with Crippen molar-refractivity contribution in [1.82, 2.24) is 0 Å². The first kappa shape index (κ1) is 59.8. The fourth-order valence-electron chi connectivity index (χ4n) is 0. The minimum absolute atomic E-state index is 0. The van der Waals surface area contributed by atoms with Crippen LogP contribution in [0.3, 0.4) is 0 Å². The van der Waals surface area contributed by atoms with E-state index in [2.05, 4.69) is 0 Å². The van der Waals surface area contributed by atoms with Gasteiger partial charge in [0.1, 0.15) is 0 Å². The smallest absolute Gasteiger partial charge is 0 e. The summed E-state index contributed by atoms with van der Waals surface area (Å²) in [5.74, 6) is 0. The van der Waals surface area contributed by atoms with E-state index >= 15 is 0 Å². The summed E-state index contributed by atoms with van der Waals surface area (Å²) in [5, 5.41) is 0. The summed E-state index contributed by atoms with van der Waals surface area (Å²) < 4.78 is 0. The molecule has 0 N–H and O–H groups in total. The second-order valence-corrected chi connectivity index (χ2v) is 0. The molecule has 0 atom stereocenters. The predicted molar refractivity (Wildman–Crippen MR) is 31.2 cm³/mol. The van der Waals surface area contributed by atoms with Crippen molar-refractivity contribution in [3.05, 3.63) is 7.43 Å². The largest absolute Gasteiger partial charge is 0.358 e. The van der Waals surface area contributed by atoms with E-state index in [1.165, 1.54) is 0 Å². The molecule has 0 saturated heterocycles. The topological polar surface area (TPSA) is 0 Å². The second-order valence-electron chi connectivity index (χ2n) is 0. The maximum absolute atomic E-state index is 2.00. The Morgan fingerprint density at radius 2 is 0.833 bits per heavy atom. The first-order valence-corrected chi connectivity index (χ1v) is 1.00. The van der Waals surface area contributed by atoms with E-state index in [4.69, 9.17) is 0 Å². The molecule has 0 nitrogen and oxygen atoms in total. The normalized spacial score (nSPS) is 1.00. The van der Waals surface area contributed by atoms with Crippen LogP contribution in [0, 0.1) is 7.43 Å². The van der Waals surface area contributed by atoms with Gasteiger partial charge in [-0.1, -0.05) is 28.7 Å². The molecule has 0 aliphatic heterocycles. The van der Waals surface area contributed by atoms with Crippen LogP contribution in [0.1, 0.15) is 28.7 Å². The van der Waals surface area contributed by atoms with Gasteiger partial charge in [-0.3, -0.25) is 0 Å². The Morgan fingerprint density at radius 1 is 0.833 bits per heavy atom. The molecule has 0 rings (SSSR count). The fourth-order valence-corrected chi connectivity index (χ4v) is 0. The molecule has 0 aromatic carbocycles. The van der Waals surface area contributed by atoms with E-state index in [1.54, 1.807) is 0 Å². The zero-order valence-electron chi connectivity index (χ0n) is 3.58. The van der Waals surface area contributed by atoms with Gasteiger partial charge < -0.3 is 7.43 Å². The van der Waals surface area contributed by atoms with Crippen molar-refractivity contribution in [3.63, 3.8) is 0 Å². The third-order valence-electron chi connectivity index (χ3n) is 0. The molecular formula is C5H17Y-. The molecule has 0 fully saturated rings. The number of hydrogen-bond donors (Lipinski definition) is 0. The van der Waals surface area contributed by atoms with Crippen molar-refractivity contribution >= 4 is 0 Å². The maximum atomic E-state index is 2.00. The van der Waals surface area contributed by atoms with Crippen LogP contribution in [0.4, 0.5) is 0 Å². The van der Waals surface area contributed by atoms with Crippen LogP contribution >= 0.6 is 0 Å². The molecule has 0 aliphatic rings. The molecule has 0 aromatic rings. The van der Waals surface area contributed by atoms with Crippen LogP contribution in [0.5, 0.6) is 0 Å². The fraction of sp³-hybridized carbons (Fsp3) is 0.800. The van der Waals surface area contributed by atoms with Crippen LogP contribution in [-0.2, 0) is 32.7 Å². The summed E-state index contributed by atoms with van der Waals surface area (Å²) in [7, 11) is 0. The Kier molecular flexibility index (Phi) is 1300. The summed E-state index contributed by atoms with van der Waals surface area (Å²) in [6.45, 7) is 4.00. The van der Waals surface area contributed by atoms with Gasteiger partial charge in [0.15, 0.2) is 0 Å². The van der Waals surface area contributed by atoms with Crippen LogP contribution in [0.2, 0.25) is 0 Å². The molecule has 0 unspecified atom stereocenters. The number of hydrogen-bond acceptors (Lipinski definition) is 0. The molecule has 6 heavy (non-hydrogen) atoms. The van der Waals surface area contributed by atoms with Crippen molar-refractivity contribution in [2.24, 2.45) is 0 Å². The Balaban J connectivity index is -0.000000000833. The molecule has 0 amide bonds. The van der Waals surface area contributed by atoms with Gasteiger partial charge in [0.2, 0.25) is 0 Å². The van der Waals surface area contributed by atoms with Crippen molar-refractivity contribution in [1.29, 1.82) is 0 Å². The van der Waals surface area contributed by atoms with Crippen molar-refractivity contribution < 1.29 is 32.7 Å². The van der Waals surface area contributed by atoms with Gasteiger partial charge in [0.05, 0.1) is 0 Å². The first-order valence-electron chi connectivity index (χ1n) is 1.00. The standard InChI is InChI=1S/C2H6.2CH4.CH3.Y/c1-2;;;;/h1-2H3;2*1H4;1H3;/q;;;-1;. The zero-order valence-corrected chi connectivity index (χ0v) is 6.42. The van der Waals surface area contributed by atoms with E-state index in [9.17, 15) is 0 Å². The van der Waals surface area contributed by atoms with Crippen LogP contribution in [-0.4, -0.2) is 0 Å². The van der Waals surface area contributed by atoms with Gasteiger partial charge in [0.25, 0.3) is 0 Å². The maximum Gasteiger partial charge on any atom is 0 e. The Morgan fingerprint density at radius 3 is 0.833 bits per heavy atom. The first-order chi connectivity index (χ1) is 1.00. The van der Waals surface area contributed by atoms with E-state index in [-0.39, 0.29) is 55.0 Å². The number of rotatable bonds is 0. The summed E-state index contributed by atoms with van der Waals surface area (Å²) >= 11 is 0. The molecule has 1 radical (unpaired) electrons. The van der Waals surface area contributed by atoms with Gasteiger partial charge >= 0.3 is 0 Å².